The molecule has 0 aromatic heterocycles. The van der Waals surface area contributed by atoms with Gasteiger partial charge in [-0.25, -0.2) is 0 Å². The number of nitrogens with one attached hydrogen (secondary N) is 1. The van der Waals surface area contributed by atoms with Gasteiger partial charge in [0, 0.05) is 26.6 Å². The molecule has 5 nitrogen and oxygen atoms in total. The highest BCUT2D eigenvalue weighted by atomic mass is 16.5. The minimum Gasteiger partial charge on any atom is -0.497 e. The number of aliphatic hydroxyl groups is 1. The lowest BCUT2D eigenvalue weighted by atomic mass is 9.80. The van der Waals surface area contributed by atoms with E-state index >= 15 is 0 Å². The predicted octanol–water partition coefficient (Wildman–Crippen LogP) is 2.86. The van der Waals surface area contributed by atoms with Crippen LogP contribution in [0.2, 0.25) is 0 Å². The Labute approximate surface area is 161 Å². The lowest BCUT2D eigenvalue weighted by Gasteiger charge is -2.43. The van der Waals surface area contributed by atoms with E-state index in [-0.39, 0.29) is 11.4 Å². The molecule has 1 fully saturated rings. The average molecular weight is 368 g/mol. The maximum Gasteiger partial charge on any atom is 0.217 e. The Morgan fingerprint density at radius 1 is 1.19 bits per heavy atom. The van der Waals surface area contributed by atoms with Gasteiger partial charge < -0.3 is 20.1 Å². The third kappa shape index (κ3) is 4.67. The second kappa shape index (κ2) is 8.55. The molecule has 27 heavy (non-hydrogen) atoms. The molecular weight excluding hydrogens is 340 g/mol. The fourth-order valence-corrected chi connectivity index (χ4v) is 3.90. The van der Waals surface area contributed by atoms with Gasteiger partial charge in [0.05, 0.1) is 18.8 Å². The summed E-state index contributed by atoms with van der Waals surface area (Å²) < 4.78 is 5.24. The van der Waals surface area contributed by atoms with Crippen LogP contribution in [0.5, 0.6) is 5.75 Å². The number of piperidine rings is 1. The van der Waals surface area contributed by atoms with Gasteiger partial charge in [0.15, 0.2) is 0 Å². The van der Waals surface area contributed by atoms with Gasteiger partial charge in [0.25, 0.3) is 0 Å². The SMILES string of the molecule is COc1cccc(C(O)CN2CCC(NC(C)=O)(c3ccccc3)CC2)c1. The number of hydrogen-bond donors (Lipinski definition) is 2. The first-order valence-corrected chi connectivity index (χ1v) is 9.41. The summed E-state index contributed by atoms with van der Waals surface area (Å²) in [6.07, 6.45) is 1.08. The highest BCUT2D eigenvalue weighted by molar-refractivity contribution is 5.74. The minimum atomic E-state index is -0.565. The molecule has 1 aliphatic heterocycles. The van der Waals surface area contributed by atoms with Crippen molar-refractivity contribution in [2.24, 2.45) is 0 Å². The highest BCUT2D eigenvalue weighted by Gasteiger charge is 2.37. The van der Waals surface area contributed by atoms with Crippen molar-refractivity contribution in [2.75, 3.05) is 26.7 Å². The fraction of sp³-hybridized carbons (Fsp3) is 0.409. The van der Waals surface area contributed by atoms with E-state index in [1.165, 1.54) is 0 Å². The Kier molecular flexibility index (Phi) is 6.14. The fourth-order valence-electron chi connectivity index (χ4n) is 3.90. The van der Waals surface area contributed by atoms with Crippen LogP contribution in [0.1, 0.15) is 37.0 Å². The molecule has 0 bridgehead atoms. The number of hydrogen-bond acceptors (Lipinski definition) is 4. The number of benzene rings is 2. The van der Waals surface area contributed by atoms with Crippen LogP contribution in [-0.4, -0.2) is 42.7 Å². The number of rotatable bonds is 6. The number of likely N-dealkylation sites (tertiary alicyclic amines) is 1. The first-order valence-electron chi connectivity index (χ1n) is 9.41. The molecule has 0 aliphatic carbocycles. The third-order valence-electron chi connectivity index (χ3n) is 5.36. The second-order valence-corrected chi connectivity index (χ2v) is 7.22. The van der Waals surface area contributed by atoms with Crippen LogP contribution >= 0.6 is 0 Å². The summed E-state index contributed by atoms with van der Waals surface area (Å²) in [6, 6.07) is 17.7. The molecule has 2 N–H and O–H groups in total. The van der Waals surface area contributed by atoms with E-state index in [9.17, 15) is 9.90 Å². The van der Waals surface area contributed by atoms with Crippen molar-refractivity contribution < 1.29 is 14.6 Å². The number of methoxy groups -OCH3 is 1. The number of nitrogens with zero attached hydrogens (tertiary/aromatic N) is 1. The Morgan fingerprint density at radius 2 is 1.89 bits per heavy atom. The topological polar surface area (TPSA) is 61.8 Å². The van der Waals surface area contributed by atoms with E-state index < -0.39 is 6.10 Å². The normalized spacial score (nSPS) is 17.9. The lowest BCUT2D eigenvalue weighted by Crippen LogP contribution is -2.53. The van der Waals surface area contributed by atoms with E-state index in [4.69, 9.17) is 4.74 Å². The van der Waals surface area contributed by atoms with E-state index in [0.29, 0.717) is 6.54 Å². The van der Waals surface area contributed by atoms with Crippen molar-refractivity contribution in [2.45, 2.75) is 31.4 Å². The molecular formula is C22H28N2O3. The van der Waals surface area contributed by atoms with Crippen molar-refractivity contribution in [3.05, 3.63) is 65.7 Å². The van der Waals surface area contributed by atoms with Crippen molar-refractivity contribution in [1.82, 2.24) is 10.2 Å². The van der Waals surface area contributed by atoms with Gasteiger partial charge in [-0.1, -0.05) is 42.5 Å². The Balaban J connectivity index is 1.66. The summed E-state index contributed by atoms with van der Waals surface area (Å²) >= 11 is 0. The van der Waals surface area contributed by atoms with Crippen LogP contribution in [0.4, 0.5) is 0 Å². The molecule has 5 heteroatoms. The van der Waals surface area contributed by atoms with Crippen LogP contribution in [0.25, 0.3) is 0 Å². The lowest BCUT2D eigenvalue weighted by molar-refractivity contribution is -0.121. The van der Waals surface area contributed by atoms with Gasteiger partial charge in [0.1, 0.15) is 5.75 Å². The number of β-amino-alcohol motifs (C(OH)–C–C–N with tert-alkyl or cyclic N) is 1. The Bertz CT molecular complexity index is 755. The molecule has 1 amide bonds. The molecule has 2 aromatic carbocycles. The maximum atomic E-state index is 11.8. The van der Waals surface area contributed by atoms with Crippen LogP contribution in [-0.2, 0) is 10.3 Å². The summed E-state index contributed by atoms with van der Waals surface area (Å²) in [5.74, 6) is 0.739. The smallest absolute Gasteiger partial charge is 0.217 e. The zero-order chi connectivity index (χ0) is 19.3. The van der Waals surface area contributed by atoms with E-state index in [0.717, 1.165) is 42.8 Å². The average Bonchev–Trinajstić information content (AvgIpc) is 2.70. The monoisotopic (exact) mass is 368 g/mol. The van der Waals surface area contributed by atoms with Crippen LogP contribution in [0.15, 0.2) is 54.6 Å². The van der Waals surface area contributed by atoms with Crippen molar-refractivity contribution in [3.8, 4) is 5.75 Å². The van der Waals surface area contributed by atoms with Crippen molar-refractivity contribution in [1.29, 1.82) is 0 Å². The molecule has 0 saturated carbocycles. The van der Waals surface area contributed by atoms with Gasteiger partial charge in [-0.05, 0) is 36.1 Å². The Hall–Kier alpha value is -2.37. The second-order valence-electron chi connectivity index (χ2n) is 7.22. The minimum absolute atomic E-state index is 0.0104. The van der Waals surface area contributed by atoms with Gasteiger partial charge in [-0.3, -0.25) is 4.79 Å². The van der Waals surface area contributed by atoms with Gasteiger partial charge in [-0.15, -0.1) is 0 Å². The summed E-state index contributed by atoms with van der Waals surface area (Å²) in [6.45, 7) is 3.77. The molecule has 1 atom stereocenters. The number of ether oxygens (including phenoxy) is 1. The largest absolute Gasteiger partial charge is 0.497 e. The first kappa shape index (κ1) is 19.4. The molecule has 144 valence electrons. The number of amides is 1. The number of carbonyl (C=O) groups is 1. The summed E-state index contributed by atoms with van der Waals surface area (Å²) in [5, 5.41) is 13.8. The van der Waals surface area contributed by atoms with Crippen molar-refractivity contribution >= 4 is 5.91 Å². The molecule has 1 heterocycles. The third-order valence-corrected chi connectivity index (χ3v) is 5.36. The molecule has 0 radical (unpaired) electrons. The highest BCUT2D eigenvalue weighted by Crippen LogP contribution is 2.33. The first-order chi connectivity index (χ1) is 13.0. The molecule has 1 saturated heterocycles. The van der Waals surface area contributed by atoms with Crippen LogP contribution in [0, 0.1) is 0 Å². The quantitative estimate of drug-likeness (QED) is 0.823. The zero-order valence-corrected chi connectivity index (χ0v) is 16.0. The van der Waals surface area contributed by atoms with E-state index in [1.807, 2.05) is 42.5 Å². The summed E-state index contributed by atoms with van der Waals surface area (Å²) in [7, 11) is 1.63. The van der Waals surface area contributed by atoms with Crippen LogP contribution < -0.4 is 10.1 Å². The van der Waals surface area contributed by atoms with Crippen LogP contribution in [0.3, 0.4) is 0 Å². The van der Waals surface area contributed by atoms with Gasteiger partial charge in [-0.2, -0.15) is 0 Å². The standard InChI is InChI=1S/C22H28N2O3/c1-17(25)23-22(19-8-4-3-5-9-19)11-13-24(14-12-22)16-21(26)18-7-6-10-20(15-18)27-2/h3-10,15,21,26H,11-14,16H2,1-2H3,(H,23,25). The molecule has 3 rings (SSSR count). The molecule has 1 aliphatic rings. The van der Waals surface area contributed by atoms with Gasteiger partial charge >= 0.3 is 0 Å². The van der Waals surface area contributed by atoms with E-state index in [2.05, 4.69) is 22.3 Å². The molecule has 2 aromatic rings. The number of carbonyl (C=O) groups excluding carboxylic acids is 1. The van der Waals surface area contributed by atoms with Gasteiger partial charge in [0.2, 0.25) is 5.91 Å². The molecule has 1 unspecified atom stereocenters. The maximum absolute atomic E-state index is 11.8. The predicted molar refractivity (Wildman–Crippen MR) is 106 cm³/mol. The molecule has 0 spiro atoms. The zero-order valence-electron chi connectivity index (χ0n) is 16.0. The van der Waals surface area contributed by atoms with Crippen molar-refractivity contribution in [3.63, 3.8) is 0 Å². The van der Waals surface area contributed by atoms with E-state index in [1.54, 1.807) is 14.0 Å². The summed E-state index contributed by atoms with van der Waals surface area (Å²) in [4.78, 5) is 14.1. The summed E-state index contributed by atoms with van der Waals surface area (Å²) in [5.41, 5.74) is 1.68. The Morgan fingerprint density at radius 3 is 2.52 bits per heavy atom. The number of aliphatic hydroxyl groups excluding tert-OH is 1.